The van der Waals surface area contributed by atoms with E-state index in [-0.39, 0.29) is 10.1 Å². The third-order valence-electron chi connectivity index (χ3n) is 1.30. The minimum atomic E-state index is -3.45. The maximum atomic E-state index is 5.98. The summed E-state index contributed by atoms with van der Waals surface area (Å²) in [6.07, 6.45) is 0. The van der Waals surface area contributed by atoms with Crippen molar-refractivity contribution in [1.29, 1.82) is 0 Å². The molecule has 0 nitrogen and oxygen atoms in total. The number of allylic oxidation sites excluding steroid dienone is 3. The molecule has 0 aromatic heterocycles. The predicted molar refractivity (Wildman–Crippen MR) is 61.2 cm³/mol. The molecule has 70 valence electrons. The molecule has 0 bridgehead atoms. The van der Waals surface area contributed by atoms with Gasteiger partial charge in [0.05, 0.1) is 0 Å². The Labute approximate surface area is 102 Å². The molecular formula is C5H3Cl6Sb. The van der Waals surface area contributed by atoms with Gasteiger partial charge in [-0.2, -0.15) is 0 Å². The van der Waals surface area contributed by atoms with Crippen LogP contribution >= 0.6 is 64.1 Å². The molecule has 1 heterocycles. The van der Waals surface area contributed by atoms with Crippen LogP contribution in [0.2, 0.25) is 0 Å². The summed E-state index contributed by atoms with van der Waals surface area (Å²) in [4.78, 5) is 0. The predicted octanol–water partition coefficient (Wildman–Crippen LogP) is 4.15. The summed E-state index contributed by atoms with van der Waals surface area (Å²) in [5.74, 6) is 0. The molecule has 0 amide bonds. The van der Waals surface area contributed by atoms with Gasteiger partial charge in [0.1, 0.15) is 0 Å². The SMILES string of the molecule is ClC1=[CH][SbH]([Cl])([Cl])[CH](Cl)C(Cl)=C1Cl. The van der Waals surface area contributed by atoms with Gasteiger partial charge in [-0.05, 0) is 0 Å². The van der Waals surface area contributed by atoms with Crippen molar-refractivity contribution in [2.24, 2.45) is 0 Å². The molecule has 0 spiro atoms. The molecule has 0 N–H and O–H groups in total. The molecule has 12 heavy (non-hydrogen) atoms. The van der Waals surface area contributed by atoms with Gasteiger partial charge in [0.15, 0.2) is 0 Å². The molecule has 0 aromatic rings. The first-order valence-electron chi connectivity index (χ1n) is 2.82. The van der Waals surface area contributed by atoms with Crippen LogP contribution in [0.1, 0.15) is 0 Å². The number of hydrogen-bond acceptors (Lipinski definition) is 0. The molecular weight excluding hydrogens is 395 g/mol. The molecule has 0 saturated carbocycles. The molecule has 0 aromatic carbocycles. The summed E-state index contributed by atoms with van der Waals surface area (Å²) >= 11 is 19.6. The number of hydrogen-bond donors (Lipinski definition) is 0. The van der Waals surface area contributed by atoms with E-state index in [0.717, 1.165) is 0 Å². The van der Waals surface area contributed by atoms with E-state index in [1.807, 2.05) is 0 Å². The summed E-state index contributed by atoms with van der Waals surface area (Å²) < 4.78 is 1.00. The van der Waals surface area contributed by atoms with Crippen molar-refractivity contribution in [2.75, 3.05) is 0 Å². The van der Waals surface area contributed by atoms with Gasteiger partial charge in [-0.1, -0.05) is 0 Å². The molecule has 1 aliphatic heterocycles. The van der Waals surface area contributed by atoms with Gasteiger partial charge in [0, 0.05) is 0 Å². The minimum absolute atomic E-state index is 0.243. The first-order chi connectivity index (χ1) is 5.36. The van der Waals surface area contributed by atoms with Crippen molar-refractivity contribution >= 4 is 80.6 Å². The standard InChI is InChI=1S/C5H2Cl4.2ClH.Sb.H/c1-3(7)5(9)4(8)2-6;;;;/h1-2H;2*1H;;/q;;;+2;/p-2. The zero-order valence-corrected chi connectivity index (χ0v) is 12.8. The third-order valence-corrected chi connectivity index (χ3v) is 16.9. The molecule has 0 saturated heterocycles. The van der Waals surface area contributed by atoms with Crippen molar-refractivity contribution in [3.63, 3.8) is 0 Å². The van der Waals surface area contributed by atoms with E-state index in [4.69, 9.17) is 64.1 Å². The third kappa shape index (κ3) is 2.34. The summed E-state index contributed by atoms with van der Waals surface area (Å²) in [6.45, 7) is 0. The normalized spacial score (nSPS) is 31.5. The monoisotopic (exact) mass is 394 g/mol. The van der Waals surface area contributed by atoms with Gasteiger partial charge < -0.3 is 0 Å². The van der Waals surface area contributed by atoms with Crippen LogP contribution in [0.5, 0.6) is 0 Å². The van der Waals surface area contributed by atoms with Crippen LogP contribution in [-0.2, 0) is 0 Å². The van der Waals surface area contributed by atoms with E-state index in [9.17, 15) is 0 Å². The first-order valence-corrected chi connectivity index (χ1v) is 14.9. The summed E-state index contributed by atoms with van der Waals surface area (Å²) in [5.41, 5.74) is 0. The zero-order valence-electron chi connectivity index (χ0n) is 5.42. The molecule has 0 radical (unpaired) electrons. The Morgan fingerprint density at radius 3 is 2.17 bits per heavy atom. The molecule has 0 fully saturated rings. The van der Waals surface area contributed by atoms with E-state index in [2.05, 4.69) is 0 Å². The molecule has 1 rings (SSSR count). The van der Waals surface area contributed by atoms with E-state index >= 15 is 0 Å². The Hall–Kier alpha value is 2.04. The molecule has 1 aliphatic rings. The van der Waals surface area contributed by atoms with Gasteiger partial charge in [0.25, 0.3) is 0 Å². The number of halogens is 6. The Morgan fingerprint density at radius 2 is 1.67 bits per heavy atom. The second kappa shape index (κ2) is 4.27. The Kier molecular flexibility index (Phi) is 4.31. The average Bonchev–Trinajstić information content (AvgIpc) is 1.97. The van der Waals surface area contributed by atoms with Gasteiger partial charge in [-0.25, -0.2) is 0 Å². The molecule has 1 atom stereocenters. The van der Waals surface area contributed by atoms with E-state index in [1.165, 1.54) is 0 Å². The topological polar surface area (TPSA) is 0 Å². The van der Waals surface area contributed by atoms with Crippen molar-refractivity contribution in [3.05, 3.63) is 19.1 Å². The second-order valence-electron chi connectivity index (χ2n) is 2.19. The average molecular weight is 398 g/mol. The fourth-order valence-electron chi connectivity index (χ4n) is 0.700. The summed E-state index contributed by atoms with van der Waals surface area (Å²) in [5, 5.41) is 0.804. The van der Waals surface area contributed by atoms with Gasteiger partial charge in [-0.15, -0.1) is 0 Å². The van der Waals surface area contributed by atoms with Crippen LogP contribution in [0.3, 0.4) is 0 Å². The molecule has 0 aliphatic carbocycles. The molecule has 1 unspecified atom stereocenters. The first kappa shape index (κ1) is 12.1. The van der Waals surface area contributed by atoms with Crippen LogP contribution in [0.15, 0.2) is 19.1 Å². The second-order valence-corrected chi connectivity index (χ2v) is 20.9. The van der Waals surface area contributed by atoms with Gasteiger partial charge >= 0.3 is 103 Å². The fraction of sp³-hybridized carbons (Fsp3) is 0.200. The summed E-state index contributed by atoms with van der Waals surface area (Å²) in [6, 6.07) is 0. The van der Waals surface area contributed by atoms with Crippen molar-refractivity contribution < 1.29 is 0 Å². The maximum absolute atomic E-state index is 5.98. The number of alkyl halides is 1. The van der Waals surface area contributed by atoms with Crippen LogP contribution in [0, 0.1) is 0 Å². The van der Waals surface area contributed by atoms with Crippen LogP contribution in [-0.4, -0.2) is 19.8 Å². The Bertz CT molecular complexity index is 267. The van der Waals surface area contributed by atoms with E-state index < -0.39 is 19.8 Å². The number of rotatable bonds is 0. The quantitative estimate of drug-likeness (QED) is 0.426. The zero-order chi connectivity index (χ0) is 9.52. The summed E-state index contributed by atoms with van der Waals surface area (Å²) in [7, 11) is 12.0. The van der Waals surface area contributed by atoms with E-state index in [1.54, 1.807) is 4.02 Å². The van der Waals surface area contributed by atoms with Crippen LogP contribution in [0.4, 0.5) is 0 Å². The van der Waals surface area contributed by atoms with Crippen molar-refractivity contribution in [3.8, 4) is 0 Å². The van der Waals surface area contributed by atoms with Gasteiger partial charge in [0.2, 0.25) is 0 Å². The molecule has 7 heteroatoms. The Morgan fingerprint density at radius 1 is 1.17 bits per heavy atom. The van der Waals surface area contributed by atoms with Crippen LogP contribution in [0.25, 0.3) is 0 Å². The van der Waals surface area contributed by atoms with E-state index in [0.29, 0.717) is 5.03 Å². The van der Waals surface area contributed by atoms with Crippen molar-refractivity contribution in [1.82, 2.24) is 0 Å². The van der Waals surface area contributed by atoms with Crippen LogP contribution < -0.4 is 0 Å². The Balaban J connectivity index is 3.15. The fourth-order valence-corrected chi connectivity index (χ4v) is 12.1. The van der Waals surface area contributed by atoms with Gasteiger partial charge in [-0.3, -0.25) is 0 Å². The van der Waals surface area contributed by atoms with Crippen molar-refractivity contribution in [2.45, 2.75) is 3.32 Å².